The van der Waals surface area contributed by atoms with Crippen molar-refractivity contribution in [3.05, 3.63) is 29.8 Å². The summed E-state index contributed by atoms with van der Waals surface area (Å²) in [6.45, 7) is 1.22. The van der Waals surface area contributed by atoms with Crippen molar-refractivity contribution in [2.24, 2.45) is 0 Å². The van der Waals surface area contributed by atoms with E-state index in [2.05, 4.69) is 5.32 Å². The zero-order valence-corrected chi connectivity index (χ0v) is 11.3. The first kappa shape index (κ1) is 14.3. The number of carbonyl (C=O) groups excluding carboxylic acids is 1. The Balaban J connectivity index is 2.00. The topological polar surface area (TPSA) is 78.9 Å². The zero-order chi connectivity index (χ0) is 14.5. The number of anilines is 1. The van der Waals surface area contributed by atoms with Crippen LogP contribution >= 0.6 is 0 Å². The number of benzene rings is 1. The van der Waals surface area contributed by atoms with E-state index in [4.69, 9.17) is 9.84 Å². The Kier molecular flexibility index (Phi) is 4.57. The Labute approximate surface area is 117 Å². The number of carboxylic acid groups (broad SMARTS) is 1. The fourth-order valence-corrected chi connectivity index (χ4v) is 2.27. The molecule has 1 aromatic carbocycles. The molecule has 20 heavy (non-hydrogen) atoms. The second-order valence-electron chi connectivity index (χ2n) is 4.70. The number of nitrogens with zero attached hydrogens (tertiary/aromatic N) is 1. The van der Waals surface area contributed by atoms with Crippen LogP contribution in [0.1, 0.15) is 23.2 Å². The van der Waals surface area contributed by atoms with E-state index in [0.29, 0.717) is 18.8 Å². The molecule has 0 radical (unpaired) electrons. The van der Waals surface area contributed by atoms with Gasteiger partial charge in [-0.25, -0.2) is 9.59 Å². The first-order valence-corrected chi connectivity index (χ1v) is 6.53. The molecular weight excluding hydrogens is 260 g/mol. The number of methoxy groups -OCH3 is 1. The largest absolute Gasteiger partial charge is 0.478 e. The number of aromatic carboxylic acids is 1. The minimum atomic E-state index is -1.06. The molecule has 2 amide bonds. The van der Waals surface area contributed by atoms with Gasteiger partial charge in [0.2, 0.25) is 0 Å². The fourth-order valence-electron chi connectivity index (χ4n) is 2.27. The molecule has 2 N–H and O–H groups in total. The van der Waals surface area contributed by atoms with Gasteiger partial charge in [0.1, 0.15) is 0 Å². The number of rotatable bonds is 3. The number of hydrogen-bond donors (Lipinski definition) is 2. The SMILES string of the molecule is COC1CCN(C(=O)Nc2ccccc2C(=O)O)CC1. The molecule has 108 valence electrons. The van der Waals surface area contributed by atoms with E-state index in [9.17, 15) is 9.59 Å². The molecule has 0 saturated carbocycles. The molecule has 0 spiro atoms. The number of piperidine rings is 1. The Morgan fingerprint density at radius 1 is 1.30 bits per heavy atom. The normalized spacial score (nSPS) is 15.9. The lowest BCUT2D eigenvalue weighted by molar-refractivity contribution is 0.0521. The highest BCUT2D eigenvalue weighted by Gasteiger charge is 2.23. The van der Waals surface area contributed by atoms with Crippen LogP contribution in [0.3, 0.4) is 0 Å². The molecule has 0 aliphatic carbocycles. The molecule has 0 bridgehead atoms. The van der Waals surface area contributed by atoms with Gasteiger partial charge >= 0.3 is 12.0 Å². The first-order chi connectivity index (χ1) is 9.61. The number of urea groups is 1. The number of para-hydroxylation sites is 1. The quantitative estimate of drug-likeness (QED) is 0.886. The van der Waals surface area contributed by atoms with Crippen LogP contribution in [0.2, 0.25) is 0 Å². The Morgan fingerprint density at radius 3 is 2.55 bits per heavy atom. The molecular formula is C14H18N2O4. The van der Waals surface area contributed by atoms with Crippen molar-refractivity contribution in [2.45, 2.75) is 18.9 Å². The number of carboxylic acids is 1. The summed E-state index contributed by atoms with van der Waals surface area (Å²) >= 11 is 0. The number of ether oxygens (including phenoxy) is 1. The van der Waals surface area contributed by atoms with Crippen molar-refractivity contribution in [3.8, 4) is 0 Å². The zero-order valence-electron chi connectivity index (χ0n) is 11.3. The lowest BCUT2D eigenvalue weighted by Gasteiger charge is -2.31. The molecule has 1 saturated heterocycles. The number of likely N-dealkylation sites (tertiary alicyclic amines) is 1. The van der Waals surface area contributed by atoms with Gasteiger partial charge in [0.25, 0.3) is 0 Å². The van der Waals surface area contributed by atoms with Crippen LogP contribution in [0.4, 0.5) is 10.5 Å². The number of hydrogen-bond acceptors (Lipinski definition) is 3. The van der Waals surface area contributed by atoms with Crippen molar-refractivity contribution < 1.29 is 19.4 Å². The molecule has 1 fully saturated rings. The van der Waals surface area contributed by atoms with Crippen LogP contribution in [0, 0.1) is 0 Å². The molecule has 1 aliphatic rings. The molecule has 0 unspecified atom stereocenters. The highest BCUT2D eigenvalue weighted by Crippen LogP contribution is 2.18. The summed E-state index contributed by atoms with van der Waals surface area (Å²) in [5.74, 6) is -1.06. The van der Waals surface area contributed by atoms with Gasteiger partial charge in [0.15, 0.2) is 0 Å². The molecule has 1 heterocycles. The van der Waals surface area contributed by atoms with Crippen molar-refractivity contribution >= 4 is 17.7 Å². The van der Waals surface area contributed by atoms with Crippen LogP contribution in [0.15, 0.2) is 24.3 Å². The maximum Gasteiger partial charge on any atom is 0.337 e. The summed E-state index contributed by atoms with van der Waals surface area (Å²) in [6.07, 6.45) is 1.79. The van der Waals surface area contributed by atoms with E-state index in [1.807, 2.05) is 0 Å². The van der Waals surface area contributed by atoms with Gasteiger partial charge in [0, 0.05) is 20.2 Å². The maximum atomic E-state index is 12.1. The van der Waals surface area contributed by atoms with Gasteiger partial charge in [-0.2, -0.15) is 0 Å². The van der Waals surface area contributed by atoms with Crippen LogP contribution in [-0.2, 0) is 4.74 Å². The predicted molar refractivity (Wildman–Crippen MR) is 74.0 cm³/mol. The van der Waals surface area contributed by atoms with E-state index in [1.54, 1.807) is 30.2 Å². The van der Waals surface area contributed by atoms with Crippen LogP contribution in [0.25, 0.3) is 0 Å². The van der Waals surface area contributed by atoms with Crippen molar-refractivity contribution in [1.82, 2.24) is 4.90 Å². The molecule has 1 aliphatic heterocycles. The van der Waals surface area contributed by atoms with Crippen molar-refractivity contribution in [3.63, 3.8) is 0 Å². The predicted octanol–water partition coefficient (Wildman–Crippen LogP) is 2.03. The smallest absolute Gasteiger partial charge is 0.337 e. The molecule has 0 atom stereocenters. The number of nitrogens with one attached hydrogen (secondary N) is 1. The van der Waals surface area contributed by atoms with Crippen molar-refractivity contribution in [1.29, 1.82) is 0 Å². The first-order valence-electron chi connectivity index (χ1n) is 6.53. The molecule has 1 aromatic rings. The summed E-state index contributed by atoms with van der Waals surface area (Å²) in [5.41, 5.74) is 0.409. The average Bonchev–Trinajstić information content (AvgIpc) is 2.47. The lowest BCUT2D eigenvalue weighted by atomic mass is 10.1. The third-order valence-electron chi connectivity index (χ3n) is 3.46. The average molecular weight is 278 g/mol. The third kappa shape index (κ3) is 3.27. The molecule has 6 heteroatoms. The second kappa shape index (κ2) is 6.38. The molecule has 2 rings (SSSR count). The van der Waals surface area contributed by atoms with E-state index in [-0.39, 0.29) is 17.7 Å². The van der Waals surface area contributed by atoms with E-state index in [0.717, 1.165) is 12.8 Å². The van der Waals surface area contributed by atoms with Gasteiger partial charge in [-0.15, -0.1) is 0 Å². The molecule has 0 aromatic heterocycles. The standard InChI is InChI=1S/C14H18N2O4/c1-20-10-6-8-16(9-7-10)14(19)15-12-5-3-2-4-11(12)13(17)18/h2-5,10H,6-9H2,1H3,(H,15,19)(H,17,18). The summed E-state index contributed by atoms with van der Waals surface area (Å²) in [6, 6.07) is 6.11. The highest BCUT2D eigenvalue weighted by atomic mass is 16.5. The second-order valence-corrected chi connectivity index (χ2v) is 4.70. The highest BCUT2D eigenvalue weighted by molar-refractivity contribution is 5.99. The fraction of sp³-hybridized carbons (Fsp3) is 0.429. The monoisotopic (exact) mass is 278 g/mol. The Morgan fingerprint density at radius 2 is 1.95 bits per heavy atom. The van der Waals surface area contributed by atoms with Gasteiger partial charge in [-0.3, -0.25) is 0 Å². The molecule has 6 nitrogen and oxygen atoms in total. The van der Waals surface area contributed by atoms with Gasteiger partial charge in [-0.05, 0) is 25.0 Å². The van der Waals surface area contributed by atoms with E-state index >= 15 is 0 Å². The minimum absolute atomic E-state index is 0.0904. The van der Waals surface area contributed by atoms with Crippen LogP contribution in [0.5, 0.6) is 0 Å². The maximum absolute atomic E-state index is 12.1. The van der Waals surface area contributed by atoms with Gasteiger partial charge in [0.05, 0.1) is 17.4 Å². The lowest BCUT2D eigenvalue weighted by Crippen LogP contribution is -2.43. The summed E-state index contributed by atoms with van der Waals surface area (Å²) in [5, 5.41) is 11.7. The van der Waals surface area contributed by atoms with Crippen LogP contribution in [-0.4, -0.2) is 48.3 Å². The Hall–Kier alpha value is -2.08. The third-order valence-corrected chi connectivity index (χ3v) is 3.46. The number of carbonyl (C=O) groups is 2. The van der Waals surface area contributed by atoms with Crippen LogP contribution < -0.4 is 5.32 Å². The van der Waals surface area contributed by atoms with Gasteiger partial charge in [-0.1, -0.05) is 12.1 Å². The summed E-state index contributed by atoms with van der Waals surface area (Å²) in [7, 11) is 1.67. The summed E-state index contributed by atoms with van der Waals surface area (Å²) < 4.78 is 5.25. The number of amides is 2. The minimum Gasteiger partial charge on any atom is -0.478 e. The van der Waals surface area contributed by atoms with Crippen molar-refractivity contribution in [2.75, 3.05) is 25.5 Å². The Bertz CT molecular complexity index is 496. The van der Waals surface area contributed by atoms with E-state index in [1.165, 1.54) is 6.07 Å². The van der Waals surface area contributed by atoms with Gasteiger partial charge < -0.3 is 20.1 Å². The summed E-state index contributed by atoms with van der Waals surface area (Å²) in [4.78, 5) is 24.9. The van der Waals surface area contributed by atoms with E-state index < -0.39 is 5.97 Å².